The Hall–Kier alpha value is -1.65. The fraction of sp³-hybridized carbons (Fsp3) is 0.421. The summed E-state index contributed by atoms with van der Waals surface area (Å²) in [5.41, 5.74) is 4.27. The molecule has 0 radical (unpaired) electrons. The SMILES string of the molecule is Clc1ccc2c(n1)CCCC2.O=C(O)C1CCCc2ccc(Cl)nc21. The van der Waals surface area contributed by atoms with E-state index in [-0.39, 0.29) is 0 Å². The van der Waals surface area contributed by atoms with Crippen molar-refractivity contribution in [1.82, 2.24) is 9.97 Å². The molecule has 1 atom stereocenters. The Morgan fingerprint density at radius 2 is 1.56 bits per heavy atom. The molecule has 1 unspecified atom stereocenters. The first-order valence-electron chi connectivity index (χ1n) is 8.57. The van der Waals surface area contributed by atoms with E-state index in [1.54, 1.807) is 6.07 Å². The molecule has 4 nitrogen and oxygen atoms in total. The van der Waals surface area contributed by atoms with Crippen LogP contribution >= 0.6 is 23.2 Å². The summed E-state index contributed by atoms with van der Waals surface area (Å²) in [4.78, 5) is 19.3. The Labute approximate surface area is 157 Å². The molecule has 6 heteroatoms. The van der Waals surface area contributed by atoms with Crippen molar-refractivity contribution in [2.24, 2.45) is 0 Å². The number of hydrogen-bond acceptors (Lipinski definition) is 3. The summed E-state index contributed by atoms with van der Waals surface area (Å²) in [5, 5.41) is 10.00. The van der Waals surface area contributed by atoms with E-state index in [9.17, 15) is 4.79 Å². The van der Waals surface area contributed by atoms with Crippen LogP contribution in [0.25, 0.3) is 0 Å². The third-order valence-electron chi connectivity index (χ3n) is 4.69. The number of aryl methyl sites for hydroxylation is 3. The van der Waals surface area contributed by atoms with Crippen LogP contribution in [0.4, 0.5) is 0 Å². The van der Waals surface area contributed by atoms with E-state index in [4.69, 9.17) is 28.3 Å². The Balaban J connectivity index is 0.000000150. The lowest BCUT2D eigenvalue weighted by atomic mass is 9.87. The molecule has 2 aliphatic rings. The molecule has 0 saturated carbocycles. The molecule has 0 bridgehead atoms. The zero-order chi connectivity index (χ0) is 17.8. The van der Waals surface area contributed by atoms with Crippen molar-refractivity contribution in [3.8, 4) is 0 Å². The number of carbonyl (C=O) groups is 1. The maximum atomic E-state index is 10.9. The molecule has 2 aromatic rings. The van der Waals surface area contributed by atoms with Crippen LogP contribution in [-0.2, 0) is 24.1 Å². The molecule has 2 aliphatic carbocycles. The van der Waals surface area contributed by atoms with Crippen molar-refractivity contribution in [3.63, 3.8) is 0 Å². The number of aromatic nitrogens is 2. The number of nitrogens with zero attached hydrogens (tertiary/aromatic N) is 2. The third kappa shape index (κ3) is 4.50. The van der Waals surface area contributed by atoms with E-state index in [0.29, 0.717) is 22.4 Å². The van der Waals surface area contributed by atoms with Crippen molar-refractivity contribution < 1.29 is 9.90 Å². The number of fused-ring (bicyclic) bond motifs is 2. The van der Waals surface area contributed by atoms with E-state index in [1.807, 2.05) is 12.1 Å². The van der Waals surface area contributed by atoms with Gasteiger partial charge in [-0.2, -0.15) is 0 Å². The summed E-state index contributed by atoms with van der Waals surface area (Å²) in [7, 11) is 0. The number of hydrogen-bond donors (Lipinski definition) is 1. The summed E-state index contributed by atoms with van der Waals surface area (Å²) in [6.45, 7) is 0. The van der Waals surface area contributed by atoms with E-state index < -0.39 is 11.9 Å². The molecular formula is C19H20Cl2N2O2. The maximum Gasteiger partial charge on any atom is 0.312 e. The highest BCUT2D eigenvalue weighted by molar-refractivity contribution is 6.29. The average molecular weight is 379 g/mol. The molecule has 0 saturated heterocycles. The van der Waals surface area contributed by atoms with Gasteiger partial charge in [0, 0.05) is 5.69 Å². The second-order valence-electron chi connectivity index (χ2n) is 6.41. The molecule has 132 valence electrons. The van der Waals surface area contributed by atoms with Crippen LogP contribution in [0.3, 0.4) is 0 Å². The molecule has 0 fully saturated rings. The first kappa shape index (κ1) is 18.2. The second kappa shape index (κ2) is 8.15. The van der Waals surface area contributed by atoms with Crippen LogP contribution in [0.15, 0.2) is 24.3 Å². The molecule has 0 aromatic carbocycles. The summed E-state index contributed by atoms with van der Waals surface area (Å²) >= 11 is 11.5. The number of halogens is 2. The fourth-order valence-corrected chi connectivity index (χ4v) is 3.74. The predicted molar refractivity (Wildman–Crippen MR) is 98.5 cm³/mol. The largest absolute Gasteiger partial charge is 0.481 e. The van der Waals surface area contributed by atoms with Crippen molar-refractivity contribution >= 4 is 29.2 Å². The smallest absolute Gasteiger partial charge is 0.312 e. The quantitative estimate of drug-likeness (QED) is 0.720. The maximum absolute atomic E-state index is 10.9. The van der Waals surface area contributed by atoms with Crippen LogP contribution in [0.5, 0.6) is 0 Å². The lowest BCUT2D eigenvalue weighted by Gasteiger charge is -2.20. The molecule has 0 aliphatic heterocycles. The number of rotatable bonds is 1. The minimum atomic E-state index is -0.805. The van der Waals surface area contributed by atoms with Gasteiger partial charge in [-0.05, 0) is 68.2 Å². The highest BCUT2D eigenvalue weighted by Gasteiger charge is 2.27. The van der Waals surface area contributed by atoms with Crippen LogP contribution in [0, 0.1) is 0 Å². The van der Waals surface area contributed by atoms with Gasteiger partial charge in [0.2, 0.25) is 0 Å². The van der Waals surface area contributed by atoms with Crippen molar-refractivity contribution in [2.75, 3.05) is 0 Å². The molecule has 0 amide bonds. The van der Waals surface area contributed by atoms with Crippen LogP contribution < -0.4 is 0 Å². The first-order valence-corrected chi connectivity index (χ1v) is 9.32. The van der Waals surface area contributed by atoms with Gasteiger partial charge >= 0.3 is 5.97 Å². The number of aliphatic carboxylic acids is 1. The highest BCUT2D eigenvalue weighted by Crippen LogP contribution is 2.31. The molecule has 2 heterocycles. The summed E-state index contributed by atoms with van der Waals surface area (Å²) in [5.74, 6) is -1.28. The lowest BCUT2D eigenvalue weighted by Crippen LogP contribution is -2.19. The lowest BCUT2D eigenvalue weighted by molar-refractivity contribution is -0.139. The van der Waals surface area contributed by atoms with Gasteiger partial charge in [-0.25, -0.2) is 9.97 Å². The van der Waals surface area contributed by atoms with E-state index >= 15 is 0 Å². The number of carboxylic acid groups (broad SMARTS) is 1. The van der Waals surface area contributed by atoms with Gasteiger partial charge in [0.1, 0.15) is 10.3 Å². The van der Waals surface area contributed by atoms with Gasteiger partial charge < -0.3 is 5.11 Å². The Morgan fingerprint density at radius 1 is 0.920 bits per heavy atom. The van der Waals surface area contributed by atoms with E-state index in [1.165, 1.54) is 30.5 Å². The topological polar surface area (TPSA) is 63.1 Å². The highest BCUT2D eigenvalue weighted by atomic mass is 35.5. The van der Waals surface area contributed by atoms with Gasteiger partial charge in [0.15, 0.2) is 0 Å². The fourth-order valence-electron chi connectivity index (χ4n) is 3.42. The van der Waals surface area contributed by atoms with E-state index in [0.717, 1.165) is 24.8 Å². The van der Waals surface area contributed by atoms with Crippen LogP contribution in [0.1, 0.15) is 54.1 Å². The summed E-state index contributed by atoms with van der Waals surface area (Å²) < 4.78 is 0. The Kier molecular flexibility index (Phi) is 5.92. The van der Waals surface area contributed by atoms with Crippen molar-refractivity contribution in [3.05, 3.63) is 57.1 Å². The Morgan fingerprint density at radius 3 is 2.32 bits per heavy atom. The van der Waals surface area contributed by atoms with Gasteiger partial charge in [0.25, 0.3) is 0 Å². The minimum absolute atomic E-state index is 0.372. The molecular weight excluding hydrogens is 359 g/mol. The van der Waals surface area contributed by atoms with Gasteiger partial charge in [0.05, 0.1) is 11.6 Å². The van der Waals surface area contributed by atoms with Crippen LogP contribution in [-0.4, -0.2) is 21.0 Å². The molecule has 1 N–H and O–H groups in total. The summed E-state index contributed by atoms with van der Waals surface area (Å²) in [6, 6.07) is 7.57. The normalized spacial score (nSPS) is 18.4. The van der Waals surface area contributed by atoms with Gasteiger partial charge in [-0.1, -0.05) is 35.3 Å². The number of carboxylic acids is 1. The average Bonchev–Trinajstić information content (AvgIpc) is 2.61. The van der Waals surface area contributed by atoms with Gasteiger partial charge in [-0.3, -0.25) is 4.79 Å². The van der Waals surface area contributed by atoms with Crippen molar-refractivity contribution in [1.29, 1.82) is 0 Å². The predicted octanol–water partition coefficient (Wildman–Crippen LogP) is 4.85. The zero-order valence-corrected chi connectivity index (χ0v) is 15.4. The van der Waals surface area contributed by atoms with E-state index in [2.05, 4.69) is 16.0 Å². The van der Waals surface area contributed by atoms with Gasteiger partial charge in [-0.15, -0.1) is 0 Å². The first-order chi connectivity index (χ1) is 12.0. The zero-order valence-electron chi connectivity index (χ0n) is 13.8. The molecule has 4 rings (SSSR count). The van der Waals surface area contributed by atoms with Crippen LogP contribution in [0.2, 0.25) is 10.3 Å². The number of pyridine rings is 2. The molecule has 25 heavy (non-hydrogen) atoms. The second-order valence-corrected chi connectivity index (χ2v) is 7.18. The summed E-state index contributed by atoms with van der Waals surface area (Å²) in [6.07, 6.45) is 7.33. The molecule has 2 aromatic heterocycles. The standard InChI is InChI=1S/C10H10ClNO2.C9H10ClN/c11-8-5-4-6-2-1-3-7(10(13)14)9(6)12-8;10-9-6-5-7-3-1-2-4-8(7)11-9/h4-5,7H,1-3H2,(H,13,14);5-6H,1-4H2. The third-order valence-corrected chi connectivity index (χ3v) is 5.11. The monoisotopic (exact) mass is 378 g/mol. The van der Waals surface area contributed by atoms with Crippen molar-refractivity contribution in [2.45, 2.75) is 50.9 Å². The molecule has 0 spiro atoms. The Bertz CT molecular complexity index is 780. The minimum Gasteiger partial charge on any atom is -0.481 e.